The van der Waals surface area contributed by atoms with Crippen molar-refractivity contribution in [2.75, 3.05) is 13.7 Å². The molecule has 0 unspecified atom stereocenters. The molecule has 1 heterocycles. The average Bonchev–Trinajstić information content (AvgIpc) is 2.21. The number of aliphatic hydroxyl groups excluding tert-OH is 1. The lowest BCUT2D eigenvalue weighted by molar-refractivity contribution is -0.120. The molecule has 1 aliphatic heterocycles. The van der Waals surface area contributed by atoms with Crippen LogP contribution in [0.25, 0.3) is 0 Å². The van der Waals surface area contributed by atoms with Crippen molar-refractivity contribution in [3.05, 3.63) is 0 Å². The Hall–Kier alpha value is -0.570. The smallest absolute Gasteiger partial charge is 0.219 e. The highest BCUT2D eigenvalue weighted by atomic mass is 16.2. The van der Waals surface area contributed by atoms with E-state index >= 15 is 0 Å². The Bertz CT molecular complexity index is 83.6. The summed E-state index contributed by atoms with van der Waals surface area (Å²) in [6.45, 7) is 0.888. The van der Waals surface area contributed by atoms with Gasteiger partial charge in [0, 0.05) is 20.1 Å². The molecule has 0 aromatic carbocycles. The van der Waals surface area contributed by atoms with Crippen molar-refractivity contribution < 1.29 is 9.90 Å². The molecule has 3 heteroatoms. The molecule has 0 aliphatic carbocycles. The maximum Gasteiger partial charge on any atom is 0.219 e. The lowest BCUT2D eigenvalue weighted by atomic mass is 10.2. The normalized spacial score (nSPS) is 18.0. The van der Waals surface area contributed by atoms with E-state index in [1.807, 2.05) is 0 Å². The molecular formula is C7H15NO2. The third-order valence-corrected chi connectivity index (χ3v) is 1.40. The highest BCUT2D eigenvalue weighted by molar-refractivity contribution is 5.75. The molecule has 3 nitrogen and oxygen atoms in total. The maximum absolute atomic E-state index is 10.6. The van der Waals surface area contributed by atoms with E-state index in [4.69, 9.17) is 5.11 Å². The zero-order valence-corrected chi connectivity index (χ0v) is 6.39. The largest absolute Gasteiger partial charge is 0.400 e. The van der Waals surface area contributed by atoms with E-state index in [0.29, 0.717) is 0 Å². The van der Waals surface area contributed by atoms with Crippen molar-refractivity contribution >= 4 is 5.91 Å². The van der Waals surface area contributed by atoms with Crippen LogP contribution in [0.2, 0.25) is 0 Å². The predicted octanol–water partition coefficient (Wildman–Crippen LogP) is 0.285. The zero-order chi connectivity index (χ0) is 7.82. The SMILES string of the molecule is CO.O=C1CCCCCN1. The Balaban J connectivity index is 0.000000371. The number of carbonyl (C=O) groups is 1. The summed E-state index contributed by atoms with van der Waals surface area (Å²) in [6.07, 6.45) is 4.18. The Labute approximate surface area is 61.4 Å². The van der Waals surface area contributed by atoms with E-state index in [1.165, 1.54) is 6.42 Å². The number of amides is 1. The van der Waals surface area contributed by atoms with Gasteiger partial charge in [-0.3, -0.25) is 4.79 Å². The van der Waals surface area contributed by atoms with Crippen LogP contribution < -0.4 is 5.32 Å². The van der Waals surface area contributed by atoms with Gasteiger partial charge in [0.25, 0.3) is 0 Å². The first-order valence-corrected chi connectivity index (χ1v) is 3.61. The summed E-state index contributed by atoms with van der Waals surface area (Å²) < 4.78 is 0. The average molecular weight is 145 g/mol. The van der Waals surface area contributed by atoms with Gasteiger partial charge in [-0.25, -0.2) is 0 Å². The van der Waals surface area contributed by atoms with Gasteiger partial charge in [-0.15, -0.1) is 0 Å². The van der Waals surface area contributed by atoms with Gasteiger partial charge in [-0.1, -0.05) is 6.42 Å². The quantitative estimate of drug-likeness (QED) is 0.514. The van der Waals surface area contributed by atoms with E-state index in [2.05, 4.69) is 5.32 Å². The summed E-state index contributed by atoms with van der Waals surface area (Å²) in [4.78, 5) is 10.6. The van der Waals surface area contributed by atoms with Gasteiger partial charge in [-0.2, -0.15) is 0 Å². The van der Waals surface area contributed by atoms with E-state index in [9.17, 15) is 4.79 Å². The van der Waals surface area contributed by atoms with Gasteiger partial charge in [0.05, 0.1) is 0 Å². The van der Waals surface area contributed by atoms with E-state index in [0.717, 1.165) is 32.9 Å². The minimum atomic E-state index is 0.225. The Morgan fingerprint density at radius 1 is 1.30 bits per heavy atom. The van der Waals surface area contributed by atoms with E-state index in [1.54, 1.807) is 0 Å². The molecule has 10 heavy (non-hydrogen) atoms. The molecule has 0 radical (unpaired) electrons. The fourth-order valence-electron chi connectivity index (χ4n) is 0.904. The molecule has 2 N–H and O–H groups in total. The third-order valence-electron chi connectivity index (χ3n) is 1.40. The van der Waals surface area contributed by atoms with Crippen LogP contribution in [0.15, 0.2) is 0 Å². The molecule has 1 aliphatic rings. The first kappa shape index (κ1) is 9.43. The number of carbonyl (C=O) groups excluding carboxylic acids is 1. The van der Waals surface area contributed by atoms with Crippen LogP contribution in [0.3, 0.4) is 0 Å². The predicted molar refractivity (Wildman–Crippen MR) is 39.6 cm³/mol. The molecule has 0 saturated carbocycles. The van der Waals surface area contributed by atoms with Crippen molar-refractivity contribution in [2.45, 2.75) is 25.7 Å². The van der Waals surface area contributed by atoms with Crippen LogP contribution in [0.5, 0.6) is 0 Å². The van der Waals surface area contributed by atoms with Gasteiger partial charge in [0.2, 0.25) is 5.91 Å². The molecule has 0 atom stereocenters. The standard InChI is InChI=1S/C6H11NO.CH4O/c8-6-4-2-1-3-5-7-6;1-2/h1-5H2,(H,7,8);2H,1H3. The second kappa shape index (κ2) is 6.55. The highest BCUT2D eigenvalue weighted by Crippen LogP contribution is 2.02. The van der Waals surface area contributed by atoms with Crippen molar-refractivity contribution in [2.24, 2.45) is 0 Å². The lowest BCUT2D eigenvalue weighted by Gasteiger charge is -1.93. The molecule has 0 aromatic heterocycles. The van der Waals surface area contributed by atoms with Crippen LogP contribution in [0.1, 0.15) is 25.7 Å². The van der Waals surface area contributed by atoms with Crippen molar-refractivity contribution in [1.82, 2.24) is 5.32 Å². The number of hydrogen-bond donors (Lipinski definition) is 2. The second-order valence-electron chi connectivity index (χ2n) is 2.16. The van der Waals surface area contributed by atoms with Gasteiger partial charge in [0.1, 0.15) is 0 Å². The molecule has 0 spiro atoms. The van der Waals surface area contributed by atoms with E-state index in [-0.39, 0.29) is 5.91 Å². The molecule has 1 rings (SSSR count). The van der Waals surface area contributed by atoms with Crippen LogP contribution >= 0.6 is 0 Å². The molecule has 1 amide bonds. The molecule has 1 saturated heterocycles. The van der Waals surface area contributed by atoms with Crippen molar-refractivity contribution in [1.29, 1.82) is 0 Å². The molecule has 1 fully saturated rings. The first-order valence-electron chi connectivity index (χ1n) is 3.61. The fraction of sp³-hybridized carbons (Fsp3) is 0.857. The van der Waals surface area contributed by atoms with Gasteiger partial charge < -0.3 is 10.4 Å². The molecule has 0 bridgehead atoms. The van der Waals surface area contributed by atoms with Crippen molar-refractivity contribution in [3.8, 4) is 0 Å². The van der Waals surface area contributed by atoms with Gasteiger partial charge >= 0.3 is 0 Å². The highest BCUT2D eigenvalue weighted by Gasteiger charge is 2.03. The Kier molecular flexibility index (Phi) is 6.18. The summed E-state index contributed by atoms with van der Waals surface area (Å²) in [7, 11) is 1.00. The minimum absolute atomic E-state index is 0.225. The maximum atomic E-state index is 10.6. The number of nitrogens with one attached hydrogen (secondary N) is 1. The molecular weight excluding hydrogens is 130 g/mol. The van der Waals surface area contributed by atoms with Gasteiger partial charge in [0.15, 0.2) is 0 Å². The summed E-state index contributed by atoms with van der Waals surface area (Å²) in [5.74, 6) is 0.225. The van der Waals surface area contributed by atoms with Crippen molar-refractivity contribution in [3.63, 3.8) is 0 Å². The summed E-state index contributed by atoms with van der Waals surface area (Å²) in [5.41, 5.74) is 0. The number of rotatable bonds is 0. The first-order chi connectivity index (χ1) is 4.89. The summed E-state index contributed by atoms with van der Waals surface area (Å²) >= 11 is 0. The van der Waals surface area contributed by atoms with Crippen LogP contribution in [-0.2, 0) is 4.79 Å². The number of hydrogen-bond acceptors (Lipinski definition) is 2. The lowest BCUT2D eigenvalue weighted by Crippen LogP contribution is -2.21. The van der Waals surface area contributed by atoms with Crippen LogP contribution in [0, 0.1) is 0 Å². The Morgan fingerprint density at radius 2 is 2.00 bits per heavy atom. The second-order valence-corrected chi connectivity index (χ2v) is 2.16. The van der Waals surface area contributed by atoms with E-state index < -0.39 is 0 Å². The van der Waals surface area contributed by atoms with Crippen LogP contribution in [-0.4, -0.2) is 24.7 Å². The topological polar surface area (TPSA) is 49.3 Å². The van der Waals surface area contributed by atoms with Gasteiger partial charge in [-0.05, 0) is 12.8 Å². The summed E-state index contributed by atoms with van der Waals surface area (Å²) in [6, 6.07) is 0. The zero-order valence-electron chi connectivity index (χ0n) is 6.39. The fourth-order valence-corrected chi connectivity index (χ4v) is 0.904. The number of aliphatic hydroxyl groups is 1. The summed E-state index contributed by atoms with van der Waals surface area (Å²) in [5, 5.41) is 9.81. The van der Waals surface area contributed by atoms with Crippen LogP contribution in [0.4, 0.5) is 0 Å². The minimum Gasteiger partial charge on any atom is -0.400 e. The molecule has 60 valence electrons. The third kappa shape index (κ3) is 4.32. The Morgan fingerprint density at radius 3 is 2.70 bits per heavy atom. The monoisotopic (exact) mass is 145 g/mol. The molecule has 0 aromatic rings.